The molecule has 1 saturated carbocycles. The molecule has 0 bridgehead atoms. The minimum Gasteiger partial charge on any atom is -0.493 e. The predicted molar refractivity (Wildman–Crippen MR) is 67.3 cm³/mol. The predicted octanol–water partition coefficient (Wildman–Crippen LogP) is 2.81. The number of benzene rings is 1. The van der Waals surface area contributed by atoms with Crippen LogP contribution in [0.25, 0.3) is 0 Å². The zero-order valence-electron chi connectivity index (χ0n) is 10.7. The van der Waals surface area contributed by atoms with Crippen LogP contribution >= 0.6 is 0 Å². The molecule has 0 aliphatic heterocycles. The molecule has 2 rings (SSSR count). The first-order valence-corrected chi connectivity index (χ1v) is 6.19. The molecule has 1 aromatic carbocycles. The summed E-state index contributed by atoms with van der Waals surface area (Å²) < 4.78 is 11.1. The Balaban J connectivity index is 2.19. The van der Waals surface area contributed by atoms with Crippen LogP contribution in [0.4, 0.5) is 0 Å². The molecular weight excluding hydrogens is 232 g/mol. The minimum absolute atomic E-state index is 0.279. The highest BCUT2D eigenvalue weighted by Gasteiger charge is 2.22. The number of ether oxygens (including phenoxy) is 2. The van der Waals surface area contributed by atoms with Crippen molar-refractivity contribution in [2.45, 2.75) is 38.2 Å². The molecule has 1 fully saturated rings. The van der Waals surface area contributed by atoms with Gasteiger partial charge in [-0.1, -0.05) is 6.07 Å². The highest BCUT2D eigenvalue weighted by molar-refractivity contribution is 5.75. The van der Waals surface area contributed by atoms with Gasteiger partial charge in [0.2, 0.25) is 0 Å². The summed E-state index contributed by atoms with van der Waals surface area (Å²) in [5.41, 5.74) is 0.723. The van der Waals surface area contributed by atoms with Gasteiger partial charge >= 0.3 is 5.97 Å². The summed E-state index contributed by atoms with van der Waals surface area (Å²) in [4.78, 5) is 10.9. The van der Waals surface area contributed by atoms with Crippen molar-refractivity contribution in [2.24, 2.45) is 0 Å². The summed E-state index contributed by atoms with van der Waals surface area (Å²) in [6, 6.07) is 5.33. The van der Waals surface area contributed by atoms with Crippen molar-refractivity contribution in [3.8, 4) is 11.5 Å². The maximum Gasteiger partial charge on any atom is 0.310 e. The zero-order valence-corrected chi connectivity index (χ0v) is 10.7. The van der Waals surface area contributed by atoms with E-state index in [4.69, 9.17) is 14.6 Å². The summed E-state index contributed by atoms with van der Waals surface area (Å²) >= 11 is 0. The molecule has 1 atom stereocenters. The first-order valence-electron chi connectivity index (χ1n) is 6.19. The third-order valence-electron chi connectivity index (χ3n) is 3.40. The highest BCUT2D eigenvalue weighted by Crippen LogP contribution is 2.34. The van der Waals surface area contributed by atoms with Gasteiger partial charge in [-0.3, -0.25) is 4.79 Å². The largest absolute Gasteiger partial charge is 0.493 e. The molecular formula is C14H18O4. The van der Waals surface area contributed by atoms with Crippen molar-refractivity contribution >= 4 is 5.97 Å². The van der Waals surface area contributed by atoms with Crippen molar-refractivity contribution in [3.63, 3.8) is 0 Å². The molecule has 4 nitrogen and oxygen atoms in total. The van der Waals surface area contributed by atoms with Crippen LogP contribution in [-0.4, -0.2) is 24.3 Å². The molecule has 0 heterocycles. The smallest absolute Gasteiger partial charge is 0.310 e. The second kappa shape index (κ2) is 5.29. The molecule has 1 aliphatic carbocycles. The van der Waals surface area contributed by atoms with Crippen molar-refractivity contribution in [2.75, 3.05) is 7.11 Å². The topological polar surface area (TPSA) is 55.8 Å². The Morgan fingerprint density at radius 1 is 1.39 bits per heavy atom. The second-order valence-electron chi connectivity index (χ2n) is 4.64. The minimum atomic E-state index is -0.843. The lowest BCUT2D eigenvalue weighted by Gasteiger charge is -2.27. The Morgan fingerprint density at radius 3 is 2.61 bits per heavy atom. The SMILES string of the molecule is COc1cc(C(C)C(=O)O)ccc1OC1CCC1. The molecule has 4 heteroatoms. The fourth-order valence-electron chi connectivity index (χ4n) is 1.86. The van der Waals surface area contributed by atoms with Crippen LogP contribution in [0, 0.1) is 0 Å². The maximum atomic E-state index is 10.9. The molecule has 0 radical (unpaired) electrons. The van der Waals surface area contributed by atoms with E-state index in [9.17, 15) is 4.79 Å². The van der Waals surface area contributed by atoms with Crippen molar-refractivity contribution < 1.29 is 19.4 Å². The van der Waals surface area contributed by atoms with E-state index >= 15 is 0 Å². The normalized spacial score (nSPS) is 16.8. The molecule has 1 aliphatic rings. The van der Waals surface area contributed by atoms with Gasteiger partial charge in [0, 0.05) is 0 Å². The molecule has 0 saturated heterocycles. The van der Waals surface area contributed by atoms with Gasteiger partial charge in [0.1, 0.15) is 0 Å². The Morgan fingerprint density at radius 2 is 2.11 bits per heavy atom. The molecule has 1 unspecified atom stereocenters. The number of methoxy groups -OCH3 is 1. The standard InChI is InChI=1S/C14H18O4/c1-9(14(15)16)10-6-7-12(13(8-10)17-2)18-11-4-3-5-11/h6-9,11H,3-5H2,1-2H3,(H,15,16). The number of carboxylic acid groups (broad SMARTS) is 1. The lowest BCUT2D eigenvalue weighted by atomic mass is 9.96. The van der Waals surface area contributed by atoms with E-state index < -0.39 is 11.9 Å². The number of hydrogen-bond donors (Lipinski definition) is 1. The quantitative estimate of drug-likeness (QED) is 0.873. The third-order valence-corrected chi connectivity index (χ3v) is 3.40. The van der Waals surface area contributed by atoms with Crippen LogP contribution in [0.1, 0.15) is 37.7 Å². The Kier molecular flexibility index (Phi) is 3.75. The van der Waals surface area contributed by atoms with E-state index in [-0.39, 0.29) is 6.10 Å². The Hall–Kier alpha value is -1.71. The first kappa shape index (κ1) is 12.7. The van der Waals surface area contributed by atoms with Gasteiger partial charge < -0.3 is 14.6 Å². The summed E-state index contributed by atoms with van der Waals surface area (Å²) in [6.45, 7) is 1.66. The molecule has 98 valence electrons. The van der Waals surface area contributed by atoms with E-state index in [2.05, 4.69) is 0 Å². The van der Waals surface area contributed by atoms with Gasteiger partial charge in [0.05, 0.1) is 19.1 Å². The summed E-state index contributed by atoms with van der Waals surface area (Å²) in [5, 5.41) is 8.99. The first-order chi connectivity index (χ1) is 8.61. The average Bonchev–Trinajstić information content (AvgIpc) is 2.32. The number of hydrogen-bond acceptors (Lipinski definition) is 3. The zero-order chi connectivity index (χ0) is 13.1. The van der Waals surface area contributed by atoms with Gasteiger partial charge in [-0.25, -0.2) is 0 Å². The van der Waals surface area contributed by atoms with Crippen LogP contribution in [0.3, 0.4) is 0 Å². The number of carbonyl (C=O) groups is 1. The van der Waals surface area contributed by atoms with Crippen LogP contribution in [0.5, 0.6) is 11.5 Å². The van der Waals surface area contributed by atoms with E-state index in [1.165, 1.54) is 6.42 Å². The van der Waals surface area contributed by atoms with Crippen molar-refractivity contribution in [1.82, 2.24) is 0 Å². The van der Waals surface area contributed by atoms with Crippen molar-refractivity contribution in [1.29, 1.82) is 0 Å². The molecule has 1 aromatic rings. The number of rotatable bonds is 5. The molecule has 0 aromatic heterocycles. The number of carboxylic acids is 1. The third kappa shape index (κ3) is 2.58. The number of aliphatic carboxylic acids is 1. The van der Waals surface area contributed by atoms with Gasteiger partial charge in [0.15, 0.2) is 11.5 Å². The van der Waals surface area contributed by atoms with Crippen molar-refractivity contribution in [3.05, 3.63) is 23.8 Å². The van der Waals surface area contributed by atoms with Gasteiger partial charge in [-0.2, -0.15) is 0 Å². The molecule has 1 N–H and O–H groups in total. The maximum absolute atomic E-state index is 10.9. The fraction of sp³-hybridized carbons (Fsp3) is 0.500. The lowest BCUT2D eigenvalue weighted by molar-refractivity contribution is -0.138. The Labute approximate surface area is 107 Å². The van der Waals surface area contributed by atoms with Gasteiger partial charge in [-0.15, -0.1) is 0 Å². The molecule has 0 amide bonds. The summed E-state index contributed by atoms with van der Waals surface area (Å²) in [5.74, 6) is -0.0857. The van der Waals surface area contributed by atoms with E-state index in [1.807, 2.05) is 0 Å². The van der Waals surface area contributed by atoms with Crippen LogP contribution in [0.2, 0.25) is 0 Å². The van der Waals surface area contributed by atoms with Crippen LogP contribution < -0.4 is 9.47 Å². The average molecular weight is 250 g/mol. The molecule has 18 heavy (non-hydrogen) atoms. The van der Waals surface area contributed by atoms with Crippen LogP contribution in [-0.2, 0) is 4.79 Å². The van der Waals surface area contributed by atoms with E-state index in [1.54, 1.807) is 32.2 Å². The monoisotopic (exact) mass is 250 g/mol. The van der Waals surface area contributed by atoms with Crippen LogP contribution in [0.15, 0.2) is 18.2 Å². The molecule has 0 spiro atoms. The lowest BCUT2D eigenvalue weighted by Crippen LogP contribution is -2.24. The second-order valence-corrected chi connectivity index (χ2v) is 4.64. The summed E-state index contributed by atoms with van der Waals surface area (Å²) in [7, 11) is 1.57. The van der Waals surface area contributed by atoms with Gasteiger partial charge in [0.25, 0.3) is 0 Å². The fourth-order valence-corrected chi connectivity index (χ4v) is 1.86. The highest BCUT2D eigenvalue weighted by atomic mass is 16.5. The Bertz CT molecular complexity index is 437. The van der Waals surface area contributed by atoms with E-state index in [0.29, 0.717) is 11.5 Å². The summed E-state index contributed by atoms with van der Waals surface area (Å²) in [6.07, 6.45) is 3.65. The van der Waals surface area contributed by atoms with Gasteiger partial charge in [-0.05, 0) is 43.9 Å². The van der Waals surface area contributed by atoms with E-state index in [0.717, 1.165) is 18.4 Å².